The molecule has 6 nitrogen and oxygen atoms in total. The number of nitrogens with zero attached hydrogens (tertiary/aromatic N) is 3. The predicted molar refractivity (Wildman–Crippen MR) is 89.6 cm³/mol. The van der Waals surface area contributed by atoms with Crippen LogP contribution >= 0.6 is 0 Å². The third kappa shape index (κ3) is 3.71. The van der Waals surface area contributed by atoms with Crippen LogP contribution in [-0.2, 0) is 0 Å². The van der Waals surface area contributed by atoms with Gasteiger partial charge in [0.1, 0.15) is 0 Å². The smallest absolute Gasteiger partial charge is 0.269 e. The number of rotatable bonds is 4. The minimum atomic E-state index is -0.409. The van der Waals surface area contributed by atoms with Crippen LogP contribution in [0.15, 0.2) is 53.8 Å². The van der Waals surface area contributed by atoms with E-state index in [4.69, 9.17) is 0 Å². The molecule has 1 aliphatic rings. The Morgan fingerprint density at radius 1 is 1.17 bits per heavy atom. The maximum absolute atomic E-state index is 10.7. The zero-order valence-corrected chi connectivity index (χ0v) is 12.7. The molecule has 0 amide bonds. The normalized spacial score (nSPS) is 19.5. The van der Waals surface area contributed by atoms with Crippen molar-refractivity contribution in [2.45, 2.75) is 31.6 Å². The highest BCUT2D eigenvalue weighted by Crippen LogP contribution is 2.29. The minimum absolute atomic E-state index is 0.0761. The lowest BCUT2D eigenvalue weighted by Gasteiger charge is -2.23. The zero-order valence-electron chi connectivity index (χ0n) is 12.7. The Morgan fingerprint density at radius 2 is 2.00 bits per heavy atom. The quantitative estimate of drug-likeness (QED) is 0.680. The lowest BCUT2D eigenvalue weighted by atomic mass is 9.85. The molecule has 0 unspecified atom stereocenters. The van der Waals surface area contributed by atoms with E-state index in [1.54, 1.807) is 12.1 Å². The van der Waals surface area contributed by atoms with Gasteiger partial charge in [-0.15, -0.1) is 0 Å². The van der Waals surface area contributed by atoms with E-state index < -0.39 is 4.92 Å². The van der Waals surface area contributed by atoms with Crippen LogP contribution in [0.3, 0.4) is 0 Å². The summed E-state index contributed by atoms with van der Waals surface area (Å²) in [5.41, 5.74) is 5.98. The van der Waals surface area contributed by atoms with Crippen molar-refractivity contribution in [1.82, 2.24) is 4.98 Å². The highest BCUT2D eigenvalue weighted by atomic mass is 16.6. The average Bonchev–Trinajstić information content (AvgIpc) is 2.61. The van der Waals surface area contributed by atoms with Crippen molar-refractivity contribution < 1.29 is 4.92 Å². The summed E-state index contributed by atoms with van der Waals surface area (Å²) in [4.78, 5) is 14.7. The highest BCUT2D eigenvalue weighted by Gasteiger charge is 2.23. The Kier molecular flexibility index (Phi) is 4.61. The fourth-order valence-electron chi connectivity index (χ4n) is 2.82. The molecule has 1 heterocycles. The summed E-state index contributed by atoms with van der Waals surface area (Å²) >= 11 is 0. The summed E-state index contributed by atoms with van der Waals surface area (Å²) in [5, 5.41) is 15.2. The van der Waals surface area contributed by atoms with E-state index in [1.807, 2.05) is 24.4 Å². The molecule has 1 aliphatic carbocycles. The van der Waals surface area contributed by atoms with Crippen molar-refractivity contribution in [3.05, 3.63) is 64.5 Å². The van der Waals surface area contributed by atoms with Gasteiger partial charge in [-0.25, -0.2) is 0 Å². The van der Waals surface area contributed by atoms with Gasteiger partial charge in [0.05, 0.1) is 10.6 Å². The van der Waals surface area contributed by atoms with E-state index in [9.17, 15) is 10.1 Å². The van der Waals surface area contributed by atoms with Gasteiger partial charge < -0.3 is 0 Å². The third-order valence-corrected chi connectivity index (χ3v) is 4.03. The van der Waals surface area contributed by atoms with Crippen LogP contribution in [0.4, 0.5) is 11.4 Å². The molecule has 1 fully saturated rings. The molecule has 1 saturated carbocycles. The van der Waals surface area contributed by atoms with Crippen molar-refractivity contribution in [3.63, 3.8) is 0 Å². The summed E-state index contributed by atoms with van der Waals surface area (Å²) in [6.45, 7) is 0. The Hall–Kier alpha value is -2.76. The molecule has 118 valence electrons. The monoisotopic (exact) mass is 310 g/mol. The summed E-state index contributed by atoms with van der Waals surface area (Å²) < 4.78 is 0. The van der Waals surface area contributed by atoms with Crippen molar-refractivity contribution in [3.8, 4) is 0 Å². The summed E-state index contributed by atoms with van der Waals surface area (Å²) in [5.74, 6) is 0.246. The van der Waals surface area contributed by atoms with Crippen LogP contribution in [0.2, 0.25) is 0 Å². The molecule has 0 saturated heterocycles. The lowest BCUT2D eigenvalue weighted by molar-refractivity contribution is -0.384. The van der Waals surface area contributed by atoms with E-state index in [0.717, 1.165) is 36.4 Å². The first-order valence-electron chi connectivity index (χ1n) is 7.72. The molecule has 23 heavy (non-hydrogen) atoms. The van der Waals surface area contributed by atoms with Crippen LogP contribution in [0.25, 0.3) is 0 Å². The maximum Gasteiger partial charge on any atom is 0.269 e. The number of hydrazone groups is 1. The molecule has 3 rings (SSSR count). The van der Waals surface area contributed by atoms with Gasteiger partial charge in [0.25, 0.3) is 5.69 Å². The largest absolute Gasteiger partial charge is 0.279 e. The first-order valence-corrected chi connectivity index (χ1v) is 7.72. The van der Waals surface area contributed by atoms with Crippen molar-refractivity contribution in [2.75, 3.05) is 5.43 Å². The van der Waals surface area contributed by atoms with E-state index in [0.29, 0.717) is 0 Å². The van der Waals surface area contributed by atoms with Gasteiger partial charge in [0, 0.05) is 35.7 Å². The van der Waals surface area contributed by atoms with Gasteiger partial charge in [0.2, 0.25) is 0 Å². The van der Waals surface area contributed by atoms with Crippen LogP contribution in [0, 0.1) is 10.1 Å². The Labute approximate surface area is 134 Å². The van der Waals surface area contributed by atoms with Crippen LogP contribution < -0.4 is 5.43 Å². The van der Waals surface area contributed by atoms with Gasteiger partial charge in [0.15, 0.2) is 0 Å². The Morgan fingerprint density at radius 3 is 2.70 bits per heavy atom. The van der Waals surface area contributed by atoms with Gasteiger partial charge in [-0.2, -0.15) is 5.10 Å². The lowest BCUT2D eigenvalue weighted by Crippen LogP contribution is -2.19. The maximum atomic E-state index is 10.7. The predicted octanol–water partition coefficient (Wildman–Crippen LogP) is 4.12. The number of nitro benzene ring substituents is 1. The molecule has 1 aromatic carbocycles. The van der Waals surface area contributed by atoms with Gasteiger partial charge in [-0.3, -0.25) is 20.5 Å². The van der Waals surface area contributed by atoms with Crippen molar-refractivity contribution in [2.24, 2.45) is 5.10 Å². The molecule has 6 heteroatoms. The van der Waals surface area contributed by atoms with Gasteiger partial charge in [-0.05, 0) is 43.5 Å². The van der Waals surface area contributed by atoms with E-state index in [1.165, 1.54) is 18.6 Å². The number of hydrogen-bond donors (Lipinski definition) is 1. The van der Waals surface area contributed by atoms with Crippen molar-refractivity contribution in [1.29, 1.82) is 0 Å². The summed E-state index contributed by atoms with van der Waals surface area (Å²) in [7, 11) is 0. The number of nitrogens with one attached hydrogen (secondary N) is 1. The molecule has 0 aliphatic heterocycles. The number of benzene rings is 1. The number of pyridine rings is 1. The summed E-state index contributed by atoms with van der Waals surface area (Å²) in [6, 6.07) is 12.2. The first-order chi connectivity index (χ1) is 11.2. The topological polar surface area (TPSA) is 80.4 Å². The number of aromatic nitrogens is 1. The van der Waals surface area contributed by atoms with E-state index >= 15 is 0 Å². The average molecular weight is 310 g/mol. The molecule has 1 N–H and O–H groups in total. The number of nitro groups is 1. The molecule has 1 aromatic heterocycles. The van der Waals surface area contributed by atoms with Crippen molar-refractivity contribution >= 4 is 17.1 Å². The third-order valence-electron chi connectivity index (χ3n) is 4.03. The minimum Gasteiger partial charge on any atom is -0.279 e. The van der Waals surface area contributed by atoms with E-state index in [2.05, 4.69) is 15.5 Å². The first kappa shape index (κ1) is 15.1. The van der Waals surface area contributed by atoms with Gasteiger partial charge >= 0.3 is 0 Å². The molecular weight excluding hydrogens is 292 g/mol. The Bertz CT molecular complexity index is 698. The Balaban J connectivity index is 1.75. The number of anilines is 1. The molecule has 1 atom stereocenters. The standard InChI is InChI=1S/C17H18N4O2/c22-21(23)14-10-8-13(9-11-14)19-20-17-7-2-1-5-15(17)16-6-3-4-12-18-16/h3-4,6,8-12,15,19H,1-2,5,7H2/t15-/m1/s1. The molecule has 2 aromatic rings. The highest BCUT2D eigenvalue weighted by molar-refractivity contribution is 5.91. The van der Waals surface area contributed by atoms with Crippen LogP contribution in [0.1, 0.15) is 37.3 Å². The second-order valence-corrected chi connectivity index (χ2v) is 5.57. The molecular formula is C17H18N4O2. The van der Waals surface area contributed by atoms with Crippen LogP contribution in [-0.4, -0.2) is 15.6 Å². The second kappa shape index (κ2) is 7.00. The SMILES string of the molecule is O=[N+]([O-])c1ccc(NN=C2CCCC[C@@H]2c2ccccn2)cc1. The van der Waals surface area contributed by atoms with E-state index in [-0.39, 0.29) is 11.6 Å². The number of non-ortho nitro benzene ring substituents is 1. The summed E-state index contributed by atoms with van der Waals surface area (Å²) in [6.07, 6.45) is 6.12. The second-order valence-electron chi connectivity index (χ2n) is 5.57. The fraction of sp³-hybridized carbons (Fsp3) is 0.294. The zero-order chi connectivity index (χ0) is 16.1. The van der Waals surface area contributed by atoms with Crippen LogP contribution in [0.5, 0.6) is 0 Å². The fourth-order valence-corrected chi connectivity index (χ4v) is 2.82. The van der Waals surface area contributed by atoms with Gasteiger partial charge in [-0.1, -0.05) is 12.5 Å². The molecule has 0 spiro atoms. The molecule has 0 bridgehead atoms. The number of hydrogen-bond acceptors (Lipinski definition) is 5. The molecule has 0 radical (unpaired) electrons.